The second-order valence-electron chi connectivity index (χ2n) is 8.04. The molecule has 154 valence electrons. The monoisotopic (exact) mass is 398 g/mol. The van der Waals surface area contributed by atoms with Crippen LogP contribution in [0.5, 0.6) is 0 Å². The van der Waals surface area contributed by atoms with E-state index in [0.717, 1.165) is 36.4 Å². The average Bonchev–Trinajstić information content (AvgIpc) is 2.98. The number of imide groups is 2. The van der Waals surface area contributed by atoms with E-state index in [-0.39, 0.29) is 18.7 Å². The summed E-state index contributed by atoms with van der Waals surface area (Å²) in [6.45, 7) is 4.68. The number of hydrogen-bond acceptors (Lipinski definition) is 6. The molecule has 2 fully saturated rings. The van der Waals surface area contributed by atoms with Crippen molar-refractivity contribution in [3.8, 4) is 0 Å². The number of carbonyl (C=O) groups excluding carboxylic acids is 4. The van der Waals surface area contributed by atoms with Crippen LogP contribution >= 0.6 is 0 Å². The Balaban J connectivity index is 1.51. The molecule has 0 radical (unpaired) electrons. The molecule has 1 aromatic carbocycles. The highest BCUT2D eigenvalue weighted by Crippen LogP contribution is 2.30. The molecule has 8 heteroatoms. The minimum absolute atomic E-state index is 0.117. The Morgan fingerprint density at radius 1 is 1.10 bits per heavy atom. The maximum Gasteiger partial charge on any atom is 0.262 e. The molecular weight excluding hydrogens is 372 g/mol. The molecule has 29 heavy (non-hydrogen) atoms. The summed E-state index contributed by atoms with van der Waals surface area (Å²) in [4.78, 5) is 50.6. The second-order valence-corrected chi connectivity index (χ2v) is 8.04. The number of carbonyl (C=O) groups is 4. The van der Waals surface area contributed by atoms with Gasteiger partial charge < -0.3 is 10.6 Å². The summed E-state index contributed by atoms with van der Waals surface area (Å²) in [6.07, 6.45) is 2.51. The van der Waals surface area contributed by atoms with Gasteiger partial charge in [-0.2, -0.15) is 0 Å². The number of nitrogens with zero attached hydrogens (tertiary/aromatic N) is 1. The molecule has 3 heterocycles. The SMILES string of the molecule is C[C@H](NCc1cccc2c1C(=O)N(C1CCC(=O)NC1=O)C2=O)C1CCNCC1. The summed E-state index contributed by atoms with van der Waals surface area (Å²) in [7, 11) is 0. The van der Waals surface area contributed by atoms with Crippen molar-refractivity contribution in [1.82, 2.24) is 20.9 Å². The first-order chi connectivity index (χ1) is 14.0. The zero-order valence-corrected chi connectivity index (χ0v) is 16.5. The molecule has 1 unspecified atom stereocenters. The van der Waals surface area contributed by atoms with Crippen molar-refractivity contribution in [2.75, 3.05) is 13.1 Å². The Kier molecular flexibility index (Phi) is 5.47. The number of nitrogens with one attached hydrogen (secondary N) is 3. The van der Waals surface area contributed by atoms with Gasteiger partial charge in [0.2, 0.25) is 11.8 Å². The van der Waals surface area contributed by atoms with Gasteiger partial charge in [-0.05, 0) is 56.8 Å². The van der Waals surface area contributed by atoms with Gasteiger partial charge in [-0.3, -0.25) is 29.4 Å². The van der Waals surface area contributed by atoms with Gasteiger partial charge in [0.25, 0.3) is 11.8 Å². The third-order valence-corrected chi connectivity index (χ3v) is 6.26. The Bertz CT molecular complexity index is 862. The lowest BCUT2D eigenvalue weighted by Crippen LogP contribution is -2.54. The van der Waals surface area contributed by atoms with E-state index in [2.05, 4.69) is 22.9 Å². The molecule has 0 aromatic heterocycles. The number of amides is 4. The van der Waals surface area contributed by atoms with Crippen LogP contribution in [0, 0.1) is 5.92 Å². The van der Waals surface area contributed by atoms with Crippen molar-refractivity contribution >= 4 is 23.6 Å². The predicted molar refractivity (Wildman–Crippen MR) is 105 cm³/mol. The van der Waals surface area contributed by atoms with Crippen LogP contribution in [0.25, 0.3) is 0 Å². The van der Waals surface area contributed by atoms with Gasteiger partial charge in [0.1, 0.15) is 6.04 Å². The predicted octanol–water partition coefficient (Wildman–Crippen LogP) is 0.566. The Hall–Kier alpha value is -2.58. The van der Waals surface area contributed by atoms with Crippen LogP contribution in [-0.2, 0) is 16.1 Å². The van der Waals surface area contributed by atoms with E-state index < -0.39 is 23.8 Å². The Labute approximate surface area is 169 Å². The highest BCUT2D eigenvalue weighted by atomic mass is 16.2. The van der Waals surface area contributed by atoms with Crippen molar-refractivity contribution in [3.05, 3.63) is 34.9 Å². The zero-order chi connectivity index (χ0) is 20.5. The maximum absolute atomic E-state index is 13.1. The topological polar surface area (TPSA) is 108 Å². The molecule has 1 aromatic rings. The summed E-state index contributed by atoms with van der Waals surface area (Å²) in [5, 5.41) is 9.09. The first-order valence-corrected chi connectivity index (χ1v) is 10.2. The van der Waals surface area contributed by atoms with Crippen molar-refractivity contribution < 1.29 is 19.2 Å². The van der Waals surface area contributed by atoms with E-state index in [9.17, 15) is 19.2 Å². The van der Waals surface area contributed by atoms with E-state index in [4.69, 9.17) is 0 Å². The van der Waals surface area contributed by atoms with Crippen LogP contribution < -0.4 is 16.0 Å². The van der Waals surface area contributed by atoms with Gasteiger partial charge in [0.15, 0.2) is 0 Å². The van der Waals surface area contributed by atoms with Crippen molar-refractivity contribution in [2.24, 2.45) is 5.92 Å². The van der Waals surface area contributed by atoms with Gasteiger partial charge in [-0.1, -0.05) is 12.1 Å². The van der Waals surface area contributed by atoms with Gasteiger partial charge in [-0.25, -0.2) is 0 Å². The molecule has 4 rings (SSSR count). The molecule has 0 aliphatic carbocycles. The fourth-order valence-electron chi connectivity index (χ4n) is 4.51. The summed E-state index contributed by atoms with van der Waals surface area (Å²) in [6, 6.07) is 4.60. The van der Waals surface area contributed by atoms with Crippen LogP contribution in [0.15, 0.2) is 18.2 Å². The van der Waals surface area contributed by atoms with E-state index in [1.807, 2.05) is 6.07 Å². The van der Waals surface area contributed by atoms with E-state index in [1.165, 1.54) is 0 Å². The fraction of sp³-hybridized carbons (Fsp3) is 0.524. The molecule has 2 atom stereocenters. The van der Waals surface area contributed by atoms with Crippen molar-refractivity contribution in [1.29, 1.82) is 0 Å². The van der Waals surface area contributed by atoms with Crippen LogP contribution in [0.1, 0.15) is 58.9 Å². The third kappa shape index (κ3) is 3.70. The summed E-state index contributed by atoms with van der Waals surface area (Å²) in [5.41, 5.74) is 1.46. The number of hydrogen-bond donors (Lipinski definition) is 3. The van der Waals surface area contributed by atoms with E-state index >= 15 is 0 Å². The normalized spacial score (nSPS) is 23.9. The van der Waals surface area contributed by atoms with E-state index in [0.29, 0.717) is 29.6 Å². The number of piperidine rings is 2. The molecule has 8 nitrogen and oxygen atoms in total. The number of rotatable bonds is 5. The van der Waals surface area contributed by atoms with Crippen molar-refractivity contribution in [2.45, 2.75) is 51.2 Å². The Morgan fingerprint density at radius 3 is 2.59 bits per heavy atom. The molecule has 4 amide bonds. The minimum atomic E-state index is -0.936. The lowest BCUT2D eigenvalue weighted by molar-refractivity contribution is -0.136. The molecule has 0 spiro atoms. The first kappa shape index (κ1) is 19.7. The van der Waals surface area contributed by atoms with Crippen LogP contribution in [0.3, 0.4) is 0 Å². The molecular formula is C21H26N4O4. The van der Waals surface area contributed by atoms with Gasteiger partial charge >= 0.3 is 0 Å². The third-order valence-electron chi connectivity index (χ3n) is 6.26. The van der Waals surface area contributed by atoms with E-state index in [1.54, 1.807) is 12.1 Å². The van der Waals surface area contributed by atoms with Gasteiger partial charge in [-0.15, -0.1) is 0 Å². The molecule has 3 N–H and O–H groups in total. The molecule has 0 bridgehead atoms. The molecule has 2 saturated heterocycles. The highest BCUT2D eigenvalue weighted by Gasteiger charge is 2.45. The lowest BCUT2D eigenvalue weighted by Gasteiger charge is -2.29. The fourth-order valence-corrected chi connectivity index (χ4v) is 4.51. The minimum Gasteiger partial charge on any atom is -0.317 e. The second kappa shape index (κ2) is 8.04. The first-order valence-electron chi connectivity index (χ1n) is 10.2. The summed E-state index contributed by atoms with van der Waals surface area (Å²) < 4.78 is 0. The maximum atomic E-state index is 13.1. The largest absolute Gasteiger partial charge is 0.317 e. The van der Waals surface area contributed by atoms with Crippen LogP contribution in [-0.4, -0.2) is 53.7 Å². The Morgan fingerprint density at radius 2 is 1.86 bits per heavy atom. The van der Waals surface area contributed by atoms with Gasteiger partial charge in [0.05, 0.1) is 11.1 Å². The standard InChI is InChI=1S/C21H26N4O4/c1-12(13-7-9-22-10-8-13)23-11-14-3-2-4-15-18(14)21(29)25(20(15)28)16-5-6-17(26)24-19(16)27/h2-4,12-13,16,22-23H,5-11H2,1H3,(H,24,26,27)/t12-,16?/m0/s1. The van der Waals surface area contributed by atoms with Gasteiger partial charge in [0, 0.05) is 19.0 Å². The van der Waals surface area contributed by atoms with Crippen LogP contribution in [0.4, 0.5) is 0 Å². The summed E-state index contributed by atoms with van der Waals surface area (Å²) >= 11 is 0. The lowest BCUT2D eigenvalue weighted by atomic mass is 9.91. The highest BCUT2D eigenvalue weighted by molar-refractivity contribution is 6.24. The zero-order valence-electron chi connectivity index (χ0n) is 16.5. The number of fused-ring (bicyclic) bond motifs is 1. The smallest absolute Gasteiger partial charge is 0.262 e. The quantitative estimate of drug-likeness (QED) is 0.626. The summed E-state index contributed by atoms with van der Waals surface area (Å²) in [5.74, 6) is -1.31. The number of benzene rings is 1. The molecule has 0 saturated carbocycles. The average molecular weight is 398 g/mol. The molecule has 3 aliphatic heterocycles. The van der Waals surface area contributed by atoms with Crippen molar-refractivity contribution in [3.63, 3.8) is 0 Å². The molecule has 3 aliphatic rings. The van der Waals surface area contributed by atoms with Crippen LogP contribution in [0.2, 0.25) is 0 Å².